The number of amides is 2. The van der Waals surface area contributed by atoms with Crippen molar-refractivity contribution in [2.24, 2.45) is 17.3 Å². The van der Waals surface area contributed by atoms with E-state index in [1.54, 1.807) is 12.1 Å². The average Bonchev–Trinajstić information content (AvgIpc) is 3.59. The van der Waals surface area contributed by atoms with Crippen molar-refractivity contribution < 1.29 is 27.5 Å². The van der Waals surface area contributed by atoms with Crippen molar-refractivity contribution in [1.82, 2.24) is 14.7 Å². The molecule has 1 saturated carbocycles. The van der Waals surface area contributed by atoms with Crippen LogP contribution in [-0.4, -0.2) is 72.1 Å². The SMILES string of the molecule is O=C(CC1CC1)N1CC(c2ccccc2)[C@@H](CN2CCC3(CC2)CCN(Cc2ccc(OC(F)(F)F)cc2)C3=O)C1. The van der Waals surface area contributed by atoms with Gasteiger partial charge in [-0.3, -0.25) is 9.59 Å². The lowest BCUT2D eigenvalue weighted by Crippen LogP contribution is -2.46. The highest BCUT2D eigenvalue weighted by atomic mass is 19.4. The molecule has 4 aliphatic rings. The Hall–Kier alpha value is -3.07. The largest absolute Gasteiger partial charge is 0.573 e. The summed E-state index contributed by atoms with van der Waals surface area (Å²) in [5.41, 5.74) is 1.74. The molecule has 1 spiro atoms. The van der Waals surface area contributed by atoms with Crippen LogP contribution in [0.5, 0.6) is 5.75 Å². The van der Waals surface area contributed by atoms with Gasteiger partial charge < -0.3 is 19.4 Å². The zero-order valence-electron chi connectivity index (χ0n) is 23.3. The van der Waals surface area contributed by atoms with Crippen LogP contribution in [0.15, 0.2) is 54.6 Å². The first kappa shape index (κ1) is 28.1. The predicted molar refractivity (Wildman–Crippen MR) is 148 cm³/mol. The predicted octanol–water partition coefficient (Wildman–Crippen LogP) is 5.44. The molecule has 2 atom stereocenters. The summed E-state index contributed by atoms with van der Waals surface area (Å²) in [6, 6.07) is 16.3. The molecule has 1 unspecified atom stereocenters. The Morgan fingerprint density at radius 2 is 1.61 bits per heavy atom. The van der Waals surface area contributed by atoms with Gasteiger partial charge >= 0.3 is 6.36 Å². The Labute approximate surface area is 239 Å². The van der Waals surface area contributed by atoms with Crippen molar-refractivity contribution in [2.45, 2.75) is 57.3 Å². The van der Waals surface area contributed by atoms with Gasteiger partial charge in [0.15, 0.2) is 0 Å². The lowest BCUT2D eigenvalue weighted by molar-refractivity contribution is -0.274. The smallest absolute Gasteiger partial charge is 0.406 e. The minimum Gasteiger partial charge on any atom is -0.406 e. The molecule has 2 aromatic carbocycles. The molecule has 9 heteroatoms. The second-order valence-electron chi connectivity index (χ2n) is 12.5. The number of piperidine rings is 1. The molecular weight excluding hydrogens is 531 g/mol. The molecule has 1 aliphatic carbocycles. The Bertz CT molecular complexity index is 1220. The fourth-order valence-electron chi connectivity index (χ4n) is 7.06. The third-order valence-electron chi connectivity index (χ3n) is 9.62. The number of ether oxygens (including phenoxy) is 1. The lowest BCUT2D eigenvalue weighted by atomic mass is 9.76. The van der Waals surface area contributed by atoms with E-state index < -0.39 is 6.36 Å². The highest BCUT2D eigenvalue weighted by molar-refractivity contribution is 5.85. The van der Waals surface area contributed by atoms with Crippen molar-refractivity contribution in [3.63, 3.8) is 0 Å². The van der Waals surface area contributed by atoms with E-state index in [1.807, 2.05) is 11.0 Å². The van der Waals surface area contributed by atoms with Crippen molar-refractivity contribution in [1.29, 1.82) is 0 Å². The van der Waals surface area contributed by atoms with Crippen LogP contribution in [0.4, 0.5) is 13.2 Å². The third kappa shape index (κ3) is 6.55. The van der Waals surface area contributed by atoms with E-state index >= 15 is 0 Å². The van der Waals surface area contributed by atoms with Crippen molar-refractivity contribution in [3.8, 4) is 5.75 Å². The molecule has 220 valence electrons. The fourth-order valence-corrected chi connectivity index (χ4v) is 7.06. The van der Waals surface area contributed by atoms with Gasteiger partial charge in [0, 0.05) is 45.1 Å². The molecule has 0 bridgehead atoms. The number of rotatable bonds is 8. The molecular formula is C32H38F3N3O3. The number of alkyl halides is 3. The van der Waals surface area contributed by atoms with Crippen molar-refractivity contribution in [3.05, 3.63) is 65.7 Å². The summed E-state index contributed by atoms with van der Waals surface area (Å²) in [4.78, 5) is 32.9. The maximum absolute atomic E-state index is 13.5. The number of halogens is 3. The van der Waals surface area contributed by atoms with Crippen LogP contribution in [0.25, 0.3) is 0 Å². The van der Waals surface area contributed by atoms with Gasteiger partial charge in [-0.2, -0.15) is 0 Å². The third-order valence-corrected chi connectivity index (χ3v) is 9.62. The first-order valence-electron chi connectivity index (χ1n) is 14.9. The average molecular weight is 570 g/mol. The van der Waals surface area contributed by atoms with Crippen LogP contribution in [0.1, 0.15) is 55.6 Å². The van der Waals surface area contributed by atoms with Gasteiger partial charge in [-0.15, -0.1) is 13.2 Å². The maximum atomic E-state index is 13.5. The van der Waals surface area contributed by atoms with Gasteiger partial charge in [0.25, 0.3) is 0 Å². The minimum atomic E-state index is -4.72. The first-order valence-corrected chi connectivity index (χ1v) is 14.9. The Balaban J connectivity index is 1.04. The normalized spacial score (nSPS) is 24.8. The fraction of sp³-hybridized carbons (Fsp3) is 0.562. The number of nitrogens with zero attached hydrogens (tertiary/aromatic N) is 3. The van der Waals surface area contributed by atoms with E-state index in [0.717, 1.165) is 57.5 Å². The summed E-state index contributed by atoms with van der Waals surface area (Å²) in [6.07, 6.45) is 0.765. The number of hydrogen-bond acceptors (Lipinski definition) is 4. The lowest BCUT2D eigenvalue weighted by Gasteiger charge is -2.39. The quantitative estimate of drug-likeness (QED) is 0.425. The van der Waals surface area contributed by atoms with E-state index in [0.29, 0.717) is 43.2 Å². The zero-order chi connectivity index (χ0) is 28.6. The molecule has 3 aliphatic heterocycles. The second kappa shape index (κ2) is 11.3. The molecule has 2 aromatic rings. The second-order valence-corrected chi connectivity index (χ2v) is 12.5. The molecule has 6 rings (SSSR count). The molecule has 3 saturated heterocycles. The van der Waals surface area contributed by atoms with E-state index in [1.165, 1.54) is 30.5 Å². The zero-order valence-corrected chi connectivity index (χ0v) is 23.3. The molecule has 4 fully saturated rings. The molecule has 6 nitrogen and oxygen atoms in total. The summed E-state index contributed by atoms with van der Waals surface area (Å²) >= 11 is 0. The maximum Gasteiger partial charge on any atom is 0.573 e. The van der Waals surface area contributed by atoms with E-state index in [4.69, 9.17) is 0 Å². The summed E-state index contributed by atoms with van der Waals surface area (Å²) in [5, 5.41) is 0. The van der Waals surface area contributed by atoms with E-state index in [9.17, 15) is 22.8 Å². The van der Waals surface area contributed by atoms with Crippen LogP contribution < -0.4 is 4.74 Å². The standard InChI is InChI=1S/C32H38F3N3O3/c33-32(34,35)41-27-10-8-24(9-11-27)19-37-17-14-31(30(37)40)12-15-36(16-13-31)20-26-21-38(29(39)18-23-6-7-23)22-28(26)25-4-2-1-3-5-25/h1-5,8-11,23,26,28H,6-7,12-22H2/t26-,28?/m0/s1. The van der Waals surface area contributed by atoms with Crippen LogP contribution >= 0.6 is 0 Å². The van der Waals surface area contributed by atoms with E-state index in [2.05, 4.69) is 38.8 Å². The highest BCUT2D eigenvalue weighted by Gasteiger charge is 2.48. The van der Waals surface area contributed by atoms with Gasteiger partial charge in [-0.25, -0.2) is 0 Å². The van der Waals surface area contributed by atoms with E-state index in [-0.39, 0.29) is 17.1 Å². The summed E-state index contributed by atoms with van der Waals surface area (Å²) in [6.45, 7) is 5.28. The molecule has 2 amide bonds. The van der Waals surface area contributed by atoms with Gasteiger partial charge in [0.1, 0.15) is 5.75 Å². The van der Waals surface area contributed by atoms with Crippen LogP contribution in [-0.2, 0) is 16.1 Å². The Kier molecular flexibility index (Phi) is 7.74. The summed E-state index contributed by atoms with van der Waals surface area (Å²) in [5.74, 6) is 1.48. The number of benzene rings is 2. The summed E-state index contributed by atoms with van der Waals surface area (Å²) < 4.78 is 41.3. The van der Waals surface area contributed by atoms with Gasteiger partial charge in [0.05, 0.1) is 5.41 Å². The molecule has 0 N–H and O–H groups in total. The molecule has 0 aromatic heterocycles. The van der Waals surface area contributed by atoms with Crippen molar-refractivity contribution >= 4 is 11.8 Å². The van der Waals surface area contributed by atoms with Crippen LogP contribution in [0.3, 0.4) is 0 Å². The minimum absolute atomic E-state index is 0.160. The van der Waals surface area contributed by atoms with Gasteiger partial charge in [0.2, 0.25) is 11.8 Å². The Morgan fingerprint density at radius 1 is 0.927 bits per heavy atom. The van der Waals surface area contributed by atoms with Crippen LogP contribution in [0, 0.1) is 17.3 Å². The van der Waals surface area contributed by atoms with Crippen LogP contribution in [0.2, 0.25) is 0 Å². The molecule has 41 heavy (non-hydrogen) atoms. The van der Waals surface area contributed by atoms with Gasteiger partial charge in [-0.05, 0) is 80.3 Å². The number of carbonyl (C=O) groups excluding carboxylic acids is 2. The first-order chi connectivity index (χ1) is 19.7. The topological polar surface area (TPSA) is 53.1 Å². The number of likely N-dealkylation sites (tertiary alicyclic amines) is 3. The number of carbonyl (C=O) groups is 2. The molecule has 0 radical (unpaired) electrons. The van der Waals surface area contributed by atoms with Crippen molar-refractivity contribution in [2.75, 3.05) is 39.3 Å². The summed E-state index contributed by atoms with van der Waals surface area (Å²) in [7, 11) is 0. The van der Waals surface area contributed by atoms with Gasteiger partial charge in [-0.1, -0.05) is 42.5 Å². The monoisotopic (exact) mass is 569 g/mol. The highest BCUT2D eigenvalue weighted by Crippen LogP contribution is 2.43. The molecule has 3 heterocycles. The Morgan fingerprint density at radius 3 is 2.27 bits per heavy atom. The number of hydrogen-bond donors (Lipinski definition) is 0.